The van der Waals surface area contributed by atoms with Gasteiger partial charge in [-0.3, -0.25) is 9.59 Å². The van der Waals surface area contributed by atoms with Gasteiger partial charge in [0, 0.05) is 36.7 Å². The van der Waals surface area contributed by atoms with Crippen LogP contribution in [0.15, 0.2) is 29.8 Å². The number of nitrogens with zero attached hydrogens (tertiary/aromatic N) is 1. The highest BCUT2D eigenvalue weighted by atomic mass is 16.5. The summed E-state index contributed by atoms with van der Waals surface area (Å²) in [6, 6.07) is 8.50. The first-order valence-electron chi connectivity index (χ1n) is 27.0. The van der Waals surface area contributed by atoms with E-state index in [0.717, 1.165) is 72.6 Å². The van der Waals surface area contributed by atoms with Crippen molar-refractivity contribution in [2.75, 3.05) is 19.6 Å². The number of esters is 1. The number of rotatable bonds is 17. The van der Waals surface area contributed by atoms with Crippen molar-refractivity contribution in [2.45, 2.75) is 239 Å². The summed E-state index contributed by atoms with van der Waals surface area (Å²) >= 11 is 0. The van der Waals surface area contributed by atoms with Crippen molar-refractivity contribution < 1.29 is 28.9 Å². The molecule has 2 fully saturated rings. The fourth-order valence-corrected chi connectivity index (χ4v) is 12.1. The van der Waals surface area contributed by atoms with Crippen LogP contribution in [-0.2, 0) is 15.0 Å². The van der Waals surface area contributed by atoms with Crippen LogP contribution in [0.2, 0.25) is 0 Å². The first kappa shape index (κ1) is 52.1. The Morgan fingerprint density at radius 2 is 1.58 bits per heavy atom. The highest BCUT2D eigenvalue weighted by molar-refractivity contribution is 5.84. The third kappa shape index (κ3) is 12.9. The summed E-state index contributed by atoms with van der Waals surface area (Å²) in [6.07, 6.45) is 22.9. The molecule has 0 radical (unpaired) electrons. The Bertz CT molecular complexity index is 1980. The number of ketones is 1. The quantitative estimate of drug-likeness (QED) is 0.0961. The first-order chi connectivity index (χ1) is 31.3. The molecule has 1 saturated carbocycles. The third-order valence-corrected chi connectivity index (χ3v) is 16.6. The maximum Gasteiger partial charge on any atom is 0.311 e. The molecule has 2 aliphatic carbocycles. The Morgan fingerprint density at radius 3 is 2.29 bits per heavy atom. The zero-order chi connectivity index (χ0) is 47.8. The van der Waals surface area contributed by atoms with Gasteiger partial charge in [0.15, 0.2) is 0 Å². The number of fused-ring (bicyclic) bond motifs is 5. The lowest BCUT2D eigenvalue weighted by Gasteiger charge is -2.47. The summed E-state index contributed by atoms with van der Waals surface area (Å²) in [4.78, 5) is 27.9. The second-order valence-electron chi connectivity index (χ2n) is 23.2. The zero-order valence-electron chi connectivity index (χ0n) is 43.6. The SMILES string of the molecule is CCCCCC(C)C(C)c1cc(OC(=O)CCCN2CCCCCC2)c2c(c1)OC(C)(C)C1=C2CC(C)CC1.CCCCCCC(C)(C)c1cc(O)c2c(c1)OC(C)(C)[C@@H]1CCC(=O)C[C@@H]21. The second kappa shape index (κ2) is 22.9. The van der Waals surface area contributed by atoms with Gasteiger partial charge in [-0.25, -0.2) is 0 Å². The minimum Gasteiger partial charge on any atom is -0.508 e. The van der Waals surface area contributed by atoms with Gasteiger partial charge in [-0.1, -0.05) is 113 Å². The number of carbonyl (C=O) groups is 2. The molecular formula is C59H91NO6. The molecule has 3 aliphatic heterocycles. The number of hydrogen-bond acceptors (Lipinski definition) is 7. The van der Waals surface area contributed by atoms with Crippen LogP contribution >= 0.6 is 0 Å². The standard InChI is InChI=1S/C35H55NO3.C24H36O3/c1-7-8-11-15-26(3)27(4)28-23-31(38-33(37)16-14-21-36-19-12-9-10-13-20-36)34-29-22-25(2)17-18-30(29)35(5,6)39-32(34)24-28;1-6-7-8-9-12-23(2,3)16-13-20(26)22-18-15-17(25)10-11-19(18)24(4,5)27-21(22)14-16/h23-27H,7-22H2,1-6H3;13-14,18-19,26H,6-12,15H2,1-5H3/t;18-,19-/m.1/s1. The summed E-state index contributed by atoms with van der Waals surface area (Å²) in [6.45, 7) is 28.0. The van der Waals surface area contributed by atoms with Gasteiger partial charge in [0.25, 0.3) is 0 Å². The molecule has 2 aromatic carbocycles. The minimum absolute atomic E-state index is 0.00696. The first-order valence-corrected chi connectivity index (χ1v) is 27.0. The van der Waals surface area contributed by atoms with E-state index in [1.165, 1.54) is 113 Å². The van der Waals surface area contributed by atoms with Gasteiger partial charge in [-0.05, 0) is 168 Å². The molecule has 0 bridgehead atoms. The molecule has 7 heteroatoms. The smallest absolute Gasteiger partial charge is 0.311 e. The molecule has 7 rings (SSSR count). The fraction of sp³-hybridized carbons (Fsp3) is 0.729. The second-order valence-corrected chi connectivity index (χ2v) is 23.2. The Balaban J connectivity index is 0.000000233. The molecule has 5 aliphatic rings. The van der Waals surface area contributed by atoms with Gasteiger partial charge < -0.3 is 24.2 Å². The number of hydrogen-bond donors (Lipinski definition) is 1. The minimum atomic E-state index is -0.328. The zero-order valence-corrected chi connectivity index (χ0v) is 43.6. The van der Waals surface area contributed by atoms with Gasteiger partial charge in [-0.2, -0.15) is 0 Å². The lowest BCUT2D eigenvalue weighted by molar-refractivity contribution is -0.134. The van der Waals surface area contributed by atoms with E-state index in [1.54, 1.807) is 0 Å². The van der Waals surface area contributed by atoms with Crippen molar-refractivity contribution >= 4 is 17.3 Å². The normalized spacial score (nSPS) is 23.3. The van der Waals surface area contributed by atoms with Crippen molar-refractivity contribution in [3.05, 3.63) is 52.1 Å². The van der Waals surface area contributed by atoms with Crippen LogP contribution in [0.1, 0.15) is 245 Å². The van der Waals surface area contributed by atoms with E-state index in [-0.39, 0.29) is 34.4 Å². The van der Waals surface area contributed by atoms with Crippen molar-refractivity contribution in [3.63, 3.8) is 0 Å². The molecule has 0 amide bonds. The maximum atomic E-state index is 13.3. The monoisotopic (exact) mass is 910 g/mol. The van der Waals surface area contributed by atoms with Gasteiger partial charge in [0.05, 0.1) is 5.56 Å². The van der Waals surface area contributed by atoms with Gasteiger partial charge in [-0.15, -0.1) is 0 Å². The number of benzene rings is 2. The highest BCUT2D eigenvalue weighted by Crippen LogP contribution is 2.55. The Morgan fingerprint density at radius 1 is 0.864 bits per heavy atom. The van der Waals surface area contributed by atoms with Crippen LogP contribution in [0, 0.1) is 17.8 Å². The number of ether oxygens (including phenoxy) is 3. The van der Waals surface area contributed by atoms with E-state index in [0.29, 0.717) is 48.5 Å². The summed E-state index contributed by atoms with van der Waals surface area (Å²) in [7, 11) is 0. The molecule has 0 spiro atoms. The molecule has 0 aromatic heterocycles. The summed E-state index contributed by atoms with van der Waals surface area (Å²) in [5.74, 6) is 4.85. The number of likely N-dealkylation sites (tertiary alicyclic amines) is 1. The third-order valence-electron chi connectivity index (χ3n) is 16.6. The number of allylic oxidation sites excluding steroid dienone is 1. The maximum absolute atomic E-state index is 13.3. The average Bonchev–Trinajstić information content (AvgIpc) is 3.53. The number of phenolic OH excluding ortho intramolecular Hbond substituents is 1. The fourth-order valence-electron chi connectivity index (χ4n) is 12.1. The predicted molar refractivity (Wildman–Crippen MR) is 272 cm³/mol. The van der Waals surface area contributed by atoms with Gasteiger partial charge in [0.1, 0.15) is 40.0 Å². The number of carbonyl (C=O) groups excluding carboxylic acids is 2. The molecule has 66 heavy (non-hydrogen) atoms. The lowest BCUT2D eigenvalue weighted by Crippen LogP contribution is -2.47. The van der Waals surface area contributed by atoms with Crippen LogP contribution < -0.4 is 14.2 Å². The average molecular weight is 910 g/mol. The lowest BCUT2D eigenvalue weighted by atomic mass is 9.66. The van der Waals surface area contributed by atoms with E-state index in [9.17, 15) is 14.7 Å². The van der Waals surface area contributed by atoms with Crippen LogP contribution in [0.5, 0.6) is 23.0 Å². The van der Waals surface area contributed by atoms with E-state index in [1.807, 2.05) is 6.07 Å². The number of phenols is 1. The number of Topliss-reactive ketones (excluding diaryl/α,β-unsaturated/α-hetero) is 1. The van der Waals surface area contributed by atoms with Crippen molar-refractivity contribution in [2.24, 2.45) is 17.8 Å². The van der Waals surface area contributed by atoms with E-state index < -0.39 is 0 Å². The van der Waals surface area contributed by atoms with E-state index >= 15 is 0 Å². The summed E-state index contributed by atoms with van der Waals surface area (Å²) < 4.78 is 19.4. The topological polar surface area (TPSA) is 85.3 Å². The van der Waals surface area contributed by atoms with Crippen molar-refractivity contribution in [1.29, 1.82) is 0 Å². The van der Waals surface area contributed by atoms with Gasteiger partial charge >= 0.3 is 5.97 Å². The van der Waals surface area contributed by atoms with Gasteiger partial charge in [0.2, 0.25) is 0 Å². The summed E-state index contributed by atoms with van der Waals surface area (Å²) in [5, 5.41) is 10.9. The Labute approximate surface area is 401 Å². The number of unbranched alkanes of at least 4 members (excludes halogenated alkanes) is 5. The van der Waals surface area contributed by atoms with Crippen molar-refractivity contribution in [1.82, 2.24) is 4.90 Å². The molecular weight excluding hydrogens is 819 g/mol. The molecule has 2 aromatic rings. The predicted octanol–water partition coefficient (Wildman–Crippen LogP) is 15.6. The van der Waals surface area contributed by atoms with Crippen LogP contribution in [0.4, 0.5) is 0 Å². The largest absolute Gasteiger partial charge is 0.508 e. The Kier molecular flexibility index (Phi) is 18.0. The molecule has 5 atom stereocenters. The molecule has 3 unspecified atom stereocenters. The van der Waals surface area contributed by atoms with Crippen molar-refractivity contribution in [3.8, 4) is 23.0 Å². The van der Waals surface area contributed by atoms with Crippen LogP contribution in [-0.4, -0.2) is 52.6 Å². The van der Waals surface area contributed by atoms with Crippen LogP contribution in [0.3, 0.4) is 0 Å². The Hall–Kier alpha value is -3.32. The highest BCUT2D eigenvalue weighted by Gasteiger charge is 2.48. The molecule has 368 valence electrons. The number of aromatic hydroxyl groups is 1. The molecule has 1 saturated heterocycles. The van der Waals surface area contributed by atoms with E-state index in [2.05, 4.69) is 99.3 Å². The van der Waals surface area contributed by atoms with E-state index in [4.69, 9.17) is 14.2 Å². The summed E-state index contributed by atoms with van der Waals surface area (Å²) in [5.41, 5.74) is 6.38. The molecule has 3 heterocycles. The van der Waals surface area contributed by atoms with Crippen LogP contribution in [0.25, 0.3) is 5.57 Å². The molecule has 1 N–H and O–H groups in total. The molecule has 7 nitrogen and oxygen atoms in total.